The van der Waals surface area contributed by atoms with Crippen LogP contribution >= 0.6 is 0 Å². The number of hydrazine groups is 1. The first kappa shape index (κ1) is 12.3. The van der Waals surface area contributed by atoms with Crippen LogP contribution in [0, 0.1) is 0 Å². The lowest BCUT2D eigenvalue weighted by atomic mass is 10.00. The second kappa shape index (κ2) is 5.96. The van der Waals surface area contributed by atoms with E-state index in [4.69, 9.17) is 9.47 Å². The maximum absolute atomic E-state index is 5.53. The highest BCUT2D eigenvalue weighted by Gasteiger charge is 2.25. The molecule has 2 aliphatic heterocycles. The summed E-state index contributed by atoms with van der Waals surface area (Å²) < 4.78 is 10.7. The molecule has 0 aromatic rings. The molecule has 0 bridgehead atoms. The molecule has 3 atom stereocenters. The standard InChI is InChI=1S/C12H24N2O2/c1-10-4-3-5-11(2)14(10)13-8-12-6-7-15-9-16-12/h10-13H,3-9H2,1-2H3. The minimum atomic E-state index is 0.315. The van der Waals surface area contributed by atoms with Gasteiger partial charge in [0.2, 0.25) is 0 Å². The van der Waals surface area contributed by atoms with E-state index in [2.05, 4.69) is 24.3 Å². The van der Waals surface area contributed by atoms with Gasteiger partial charge in [-0.2, -0.15) is 0 Å². The summed E-state index contributed by atoms with van der Waals surface area (Å²) in [7, 11) is 0. The summed E-state index contributed by atoms with van der Waals surface area (Å²) in [5.41, 5.74) is 3.54. The van der Waals surface area contributed by atoms with E-state index in [1.807, 2.05) is 0 Å². The van der Waals surface area contributed by atoms with Gasteiger partial charge in [-0.15, -0.1) is 0 Å². The molecule has 4 nitrogen and oxygen atoms in total. The first-order valence-electron chi connectivity index (χ1n) is 6.48. The molecule has 1 N–H and O–H groups in total. The summed E-state index contributed by atoms with van der Waals surface area (Å²) in [6, 6.07) is 1.28. The normalized spacial score (nSPS) is 37.5. The van der Waals surface area contributed by atoms with Crippen molar-refractivity contribution in [1.82, 2.24) is 10.4 Å². The van der Waals surface area contributed by atoms with Crippen molar-refractivity contribution in [1.29, 1.82) is 0 Å². The molecular weight excluding hydrogens is 204 g/mol. The van der Waals surface area contributed by atoms with Crippen LogP contribution in [0.1, 0.15) is 39.5 Å². The Morgan fingerprint density at radius 3 is 2.56 bits per heavy atom. The molecule has 3 unspecified atom stereocenters. The number of hydrogen-bond donors (Lipinski definition) is 1. The Balaban J connectivity index is 1.74. The second-order valence-electron chi connectivity index (χ2n) is 5.00. The van der Waals surface area contributed by atoms with Gasteiger partial charge in [-0.1, -0.05) is 6.42 Å². The molecule has 94 valence electrons. The zero-order valence-electron chi connectivity index (χ0n) is 10.4. The van der Waals surface area contributed by atoms with Gasteiger partial charge in [0.25, 0.3) is 0 Å². The van der Waals surface area contributed by atoms with Crippen LogP contribution in [0.4, 0.5) is 0 Å². The molecule has 0 amide bonds. The number of ether oxygens (including phenoxy) is 2. The van der Waals surface area contributed by atoms with E-state index >= 15 is 0 Å². The lowest BCUT2D eigenvalue weighted by molar-refractivity contribution is -0.142. The van der Waals surface area contributed by atoms with Gasteiger partial charge in [-0.25, -0.2) is 5.01 Å². The summed E-state index contributed by atoms with van der Waals surface area (Å²) in [5, 5.41) is 2.41. The highest BCUT2D eigenvalue weighted by Crippen LogP contribution is 2.20. The molecule has 0 aromatic heterocycles. The summed E-state index contributed by atoms with van der Waals surface area (Å²) in [6.45, 7) is 6.80. The Morgan fingerprint density at radius 2 is 1.94 bits per heavy atom. The van der Waals surface area contributed by atoms with Crippen molar-refractivity contribution in [2.45, 2.75) is 57.7 Å². The predicted octanol–water partition coefficient (Wildman–Crippen LogP) is 1.52. The molecule has 2 rings (SSSR count). The van der Waals surface area contributed by atoms with E-state index in [0.29, 0.717) is 25.0 Å². The van der Waals surface area contributed by atoms with E-state index in [0.717, 1.165) is 19.6 Å². The van der Waals surface area contributed by atoms with Crippen molar-refractivity contribution in [2.75, 3.05) is 19.9 Å². The average Bonchev–Trinajstić information content (AvgIpc) is 2.30. The van der Waals surface area contributed by atoms with Crippen LogP contribution < -0.4 is 5.43 Å². The maximum atomic E-state index is 5.53. The van der Waals surface area contributed by atoms with E-state index in [1.165, 1.54) is 19.3 Å². The van der Waals surface area contributed by atoms with Gasteiger partial charge in [0, 0.05) is 18.6 Å². The first-order valence-corrected chi connectivity index (χ1v) is 6.48. The maximum Gasteiger partial charge on any atom is 0.147 e. The third-order valence-electron chi connectivity index (χ3n) is 3.67. The lowest BCUT2D eigenvalue weighted by Crippen LogP contribution is -2.54. The zero-order chi connectivity index (χ0) is 11.4. The van der Waals surface area contributed by atoms with Crippen LogP contribution in [0.25, 0.3) is 0 Å². The van der Waals surface area contributed by atoms with Crippen LogP contribution in [0.3, 0.4) is 0 Å². The quantitative estimate of drug-likeness (QED) is 0.794. The Hall–Kier alpha value is -0.160. The summed E-state index contributed by atoms with van der Waals surface area (Å²) in [6.07, 6.45) is 5.27. The van der Waals surface area contributed by atoms with Crippen LogP contribution in [0.5, 0.6) is 0 Å². The third kappa shape index (κ3) is 3.17. The molecule has 2 aliphatic rings. The van der Waals surface area contributed by atoms with E-state index in [-0.39, 0.29) is 0 Å². The highest BCUT2D eigenvalue weighted by molar-refractivity contribution is 4.77. The summed E-state index contributed by atoms with van der Waals surface area (Å²) >= 11 is 0. The van der Waals surface area contributed by atoms with Gasteiger partial charge in [0.1, 0.15) is 6.79 Å². The Bertz CT molecular complexity index is 197. The van der Waals surface area contributed by atoms with E-state index in [1.54, 1.807) is 0 Å². The number of piperidine rings is 1. The molecule has 0 aliphatic carbocycles. The molecule has 0 radical (unpaired) electrons. The fourth-order valence-corrected chi connectivity index (χ4v) is 2.60. The number of rotatable bonds is 3. The smallest absolute Gasteiger partial charge is 0.147 e. The van der Waals surface area contributed by atoms with Gasteiger partial charge in [0.05, 0.1) is 12.7 Å². The van der Waals surface area contributed by atoms with Crippen molar-refractivity contribution in [3.63, 3.8) is 0 Å². The fraction of sp³-hybridized carbons (Fsp3) is 1.00. The second-order valence-corrected chi connectivity index (χ2v) is 5.00. The SMILES string of the molecule is CC1CCCC(C)N1NCC1CCOCO1. The minimum Gasteiger partial charge on any atom is -0.355 e. The minimum absolute atomic E-state index is 0.315. The number of hydrogen-bond acceptors (Lipinski definition) is 4. The van der Waals surface area contributed by atoms with Crippen LogP contribution in [-0.4, -0.2) is 43.1 Å². The molecular formula is C12H24N2O2. The molecule has 2 heterocycles. The Labute approximate surface area is 98.2 Å². The summed E-state index contributed by atoms with van der Waals surface area (Å²) in [5.74, 6) is 0. The van der Waals surface area contributed by atoms with E-state index in [9.17, 15) is 0 Å². The monoisotopic (exact) mass is 228 g/mol. The third-order valence-corrected chi connectivity index (χ3v) is 3.67. The lowest BCUT2D eigenvalue weighted by Gasteiger charge is -2.40. The molecule has 2 saturated heterocycles. The van der Waals surface area contributed by atoms with Crippen molar-refractivity contribution in [3.05, 3.63) is 0 Å². The number of nitrogens with zero attached hydrogens (tertiary/aromatic N) is 1. The van der Waals surface area contributed by atoms with Gasteiger partial charge >= 0.3 is 0 Å². The fourth-order valence-electron chi connectivity index (χ4n) is 2.60. The molecule has 0 aromatic carbocycles. The largest absolute Gasteiger partial charge is 0.355 e. The molecule has 16 heavy (non-hydrogen) atoms. The van der Waals surface area contributed by atoms with Crippen LogP contribution in [0.15, 0.2) is 0 Å². The zero-order valence-corrected chi connectivity index (χ0v) is 10.4. The predicted molar refractivity (Wildman–Crippen MR) is 62.9 cm³/mol. The summed E-state index contributed by atoms with van der Waals surface area (Å²) in [4.78, 5) is 0. The van der Waals surface area contributed by atoms with Gasteiger partial charge in [0.15, 0.2) is 0 Å². The highest BCUT2D eigenvalue weighted by atomic mass is 16.7. The van der Waals surface area contributed by atoms with Gasteiger partial charge in [-0.3, -0.25) is 5.43 Å². The van der Waals surface area contributed by atoms with Crippen molar-refractivity contribution < 1.29 is 9.47 Å². The number of nitrogens with one attached hydrogen (secondary N) is 1. The van der Waals surface area contributed by atoms with Crippen molar-refractivity contribution in [3.8, 4) is 0 Å². The van der Waals surface area contributed by atoms with Crippen LogP contribution in [-0.2, 0) is 9.47 Å². The molecule has 2 fully saturated rings. The van der Waals surface area contributed by atoms with Gasteiger partial charge in [-0.05, 0) is 33.1 Å². The van der Waals surface area contributed by atoms with Crippen molar-refractivity contribution in [2.24, 2.45) is 0 Å². The Kier molecular flexibility index (Phi) is 4.58. The topological polar surface area (TPSA) is 33.7 Å². The average molecular weight is 228 g/mol. The first-order chi connectivity index (χ1) is 7.77. The molecule has 4 heteroatoms. The molecule has 0 saturated carbocycles. The van der Waals surface area contributed by atoms with Gasteiger partial charge < -0.3 is 9.47 Å². The molecule has 0 spiro atoms. The van der Waals surface area contributed by atoms with Crippen LogP contribution in [0.2, 0.25) is 0 Å². The van der Waals surface area contributed by atoms with Crippen molar-refractivity contribution >= 4 is 0 Å². The Morgan fingerprint density at radius 1 is 1.19 bits per heavy atom. The van der Waals surface area contributed by atoms with E-state index < -0.39 is 0 Å².